The van der Waals surface area contributed by atoms with Gasteiger partial charge >= 0.3 is 13.5 Å². The highest BCUT2D eigenvalue weighted by atomic mass is 31.2. The number of rotatable bonds is 4. The van der Waals surface area contributed by atoms with Gasteiger partial charge in [-0.15, -0.1) is 0 Å². The van der Waals surface area contributed by atoms with E-state index in [-0.39, 0.29) is 5.82 Å². The predicted molar refractivity (Wildman–Crippen MR) is 64.6 cm³/mol. The molecular weight excluding hydrogens is 311 g/mol. The van der Waals surface area contributed by atoms with E-state index in [1.165, 1.54) is 0 Å². The Morgan fingerprint density at radius 1 is 1.43 bits per heavy atom. The minimum Gasteiger partial charge on any atom is -0.387 e. The van der Waals surface area contributed by atoms with E-state index in [0.717, 1.165) is 6.20 Å². The van der Waals surface area contributed by atoms with Crippen LogP contribution in [-0.2, 0) is 13.8 Å². The molecule has 21 heavy (non-hydrogen) atoms. The van der Waals surface area contributed by atoms with Gasteiger partial charge in [-0.2, -0.15) is 14.8 Å². The van der Waals surface area contributed by atoms with Crippen molar-refractivity contribution in [3.05, 3.63) is 16.7 Å². The normalized spacial score (nSPS) is 29.7. The first-order valence-electron chi connectivity index (χ1n) is 5.62. The summed E-state index contributed by atoms with van der Waals surface area (Å²) in [5.41, 5.74) is 4.35. The van der Waals surface area contributed by atoms with E-state index in [1.54, 1.807) is 0 Å². The SMILES string of the molecule is Nc1cnn([C@@H]2O[C@H](COP(=O)(O)O)[C@@H](O)[C@H]2O)c(=O)n1. The van der Waals surface area contributed by atoms with Gasteiger partial charge in [-0.3, -0.25) is 4.52 Å². The number of hydrogen-bond acceptors (Lipinski definition) is 9. The molecule has 13 heteroatoms. The molecule has 0 spiro atoms. The third-order valence-electron chi connectivity index (χ3n) is 2.72. The maximum atomic E-state index is 11.6. The molecule has 0 aromatic carbocycles. The van der Waals surface area contributed by atoms with Crippen LogP contribution in [0.4, 0.5) is 5.82 Å². The molecule has 0 aliphatic carbocycles. The summed E-state index contributed by atoms with van der Waals surface area (Å²) in [7, 11) is -4.76. The molecule has 1 aliphatic heterocycles. The first kappa shape index (κ1) is 16.0. The molecule has 1 fully saturated rings. The quantitative estimate of drug-likeness (QED) is 0.353. The number of hydrogen-bond donors (Lipinski definition) is 5. The number of phosphoric ester groups is 1. The van der Waals surface area contributed by atoms with Crippen LogP contribution in [0.2, 0.25) is 0 Å². The van der Waals surface area contributed by atoms with Crippen molar-refractivity contribution in [2.75, 3.05) is 12.3 Å². The van der Waals surface area contributed by atoms with Gasteiger partial charge in [0, 0.05) is 0 Å². The number of nitrogens with two attached hydrogens (primary N) is 1. The van der Waals surface area contributed by atoms with E-state index in [2.05, 4.69) is 14.6 Å². The second-order valence-corrected chi connectivity index (χ2v) is 5.48. The minimum atomic E-state index is -4.76. The molecule has 2 heterocycles. The monoisotopic (exact) mass is 324 g/mol. The van der Waals surface area contributed by atoms with Crippen molar-refractivity contribution in [3.63, 3.8) is 0 Å². The number of phosphoric acid groups is 1. The van der Waals surface area contributed by atoms with E-state index in [0.29, 0.717) is 4.68 Å². The number of nitrogen functional groups attached to an aromatic ring is 1. The standard InChI is InChI=1S/C8H13N4O8P/c9-4-1-10-12(8(15)11-4)7-6(14)5(13)3(20-7)2-19-21(16,17)18/h1,3,5-7,13-14H,2H2,(H2,9,11,15)(H2,16,17,18)/t3-,5-,6-,7-/m1/s1. The number of nitrogens with zero attached hydrogens (tertiary/aromatic N) is 3. The van der Waals surface area contributed by atoms with E-state index < -0.39 is 44.7 Å². The summed E-state index contributed by atoms with van der Waals surface area (Å²) in [4.78, 5) is 32.1. The van der Waals surface area contributed by atoms with Crippen LogP contribution in [0.15, 0.2) is 11.0 Å². The highest BCUT2D eigenvalue weighted by molar-refractivity contribution is 7.46. The maximum Gasteiger partial charge on any atom is 0.469 e. The predicted octanol–water partition coefficient (Wildman–Crippen LogP) is -3.05. The van der Waals surface area contributed by atoms with Gasteiger partial charge in [-0.25, -0.2) is 9.36 Å². The molecule has 0 saturated carbocycles. The Bertz CT molecular complexity index is 617. The fraction of sp³-hybridized carbons (Fsp3) is 0.625. The van der Waals surface area contributed by atoms with Crippen LogP contribution < -0.4 is 11.4 Å². The highest BCUT2D eigenvalue weighted by Gasteiger charge is 2.45. The molecule has 12 nitrogen and oxygen atoms in total. The molecule has 1 aromatic rings. The lowest BCUT2D eigenvalue weighted by Crippen LogP contribution is -2.37. The Balaban J connectivity index is 2.16. The lowest BCUT2D eigenvalue weighted by molar-refractivity contribution is -0.0609. The second-order valence-electron chi connectivity index (χ2n) is 4.24. The van der Waals surface area contributed by atoms with E-state index in [1.807, 2.05) is 0 Å². The van der Waals surface area contributed by atoms with Crippen LogP contribution in [-0.4, -0.2) is 59.7 Å². The highest BCUT2D eigenvalue weighted by Crippen LogP contribution is 2.38. The molecule has 0 bridgehead atoms. The van der Waals surface area contributed by atoms with Crippen molar-refractivity contribution in [2.45, 2.75) is 24.5 Å². The second kappa shape index (κ2) is 5.77. The largest absolute Gasteiger partial charge is 0.469 e. The summed E-state index contributed by atoms with van der Waals surface area (Å²) >= 11 is 0. The Hall–Kier alpha value is -1.40. The van der Waals surface area contributed by atoms with Gasteiger partial charge in [-0.05, 0) is 0 Å². The van der Waals surface area contributed by atoms with Gasteiger partial charge < -0.3 is 30.5 Å². The summed E-state index contributed by atoms with van der Waals surface area (Å²) in [5.74, 6) is -0.134. The molecular formula is C8H13N4O8P. The Morgan fingerprint density at radius 2 is 2.10 bits per heavy atom. The Morgan fingerprint density at radius 3 is 2.67 bits per heavy atom. The summed E-state index contributed by atoms with van der Waals surface area (Å²) in [6, 6.07) is 0. The Labute approximate surface area is 117 Å². The van der Waals surface area contributed by atoms with Gasteiger partial charge in [0.15, 0.2) is 6.23 Å². The zero-order chi connectivity index (χ0) is 15.8. The summed E-state index contributed by atoms with van der Waals surface area (Å²) < 4.78 is 20.6. The average molecular weight is 324 g/mol. The third kappa shape index (κ3) is 3.63. The fourth-order valence-corrected chi connectivity index (χ4v) is 2.12. The average Bonchev–Trinajstić information content (AvgIpc) is 2.64. The molecule has 4 atom stereocenters. The molecule has 6 N–H and O–H groups in total. The molecule has 0 unspecified atom stereocenters. The van der Waals surface area contributed by atoms with Crippen molar-refractivity contribution in [3.8, 4) is 0 Å². The minimum absolute atomic E-state index is 0.134. The van der Waals surface area contributed by atoms with Gasteiger partial charge in [0.05, 0.1) is 12.8 Å². The lowest BCUT2D eigenvalue weighted by Gasteiger charge is -2.15. The van der Waals surface area contributed by atoms with Gasteiger partial charge in [-0.1, -0.05) is 0 Å². The van der Waals surface area contributed by atoms with Gasteiger partial charge in [0.25, 0.3) is 0 Å². The first-order valence-corrected chi connectivity index (χ1v) is 7.15. The molecule has 0 amide bonds. The van der Waals surface area contributed by atoms with Crippen LogP contribution >= 0.6 is 7.82 Å². The van der Waals surface area contributed by atoms with E-state index >= 15 is 0 Å². The van der Waals surface area contributed by atoms with Crippen molar-refractivity contribution in [1.82, 2.24) is 14.8 Å². The summed E-state index contributed by atoms with van der Waals surface area (Å²) in [5, 5.41) is 23.2. The van der Waals surface area contributed by atoms with Crippen LogP contribution in [0.1, 0.15) is 6.23 Å². The van der Waals surface area contributed by atoms with Gasteiger partial charge in [0.2, 0.25) is 0 Å². The van der Waals surface area contributed by atoms with Crippen LogP contribution in [0.5, 0.6) is 0 Å². The van der Waals surface area contributed by atoms with E-state index in [9.17, 15) is 19.6 Å². The van der Waals surface area contributed by atoms with Crippen molar-refractivity contribution < 1.29 is 33.8 Å². The zero-order valence-electron chi connectivity index (χ0n) is 10.4. The molecule has 1 aliphatic rings. The number of aromatic nitrogens is 3. The fourth-order valence-electron chi connectivity index (χ4n) is 1.78. The summed E-state index contributed by atoms with van der Waals surface area (Å²) in [6.45, 7) is -0.684. The molecule has 0 radical (unpaired) electrons. The van der Waals surface area contributed by atoms with Crippen LogP contribution in [0, 0.1) is 0 Å². The van der Waals surface area contributed by atoms with Crippen LogP contribution in [0.25, 0.3) is 0 Å². The van der Waals surface area contributed by atoms with Crippen LogP contribution in [0.3, 0.4) is 0 Å². The Kier molecular flexibility index (Phi) is 4.39. The third-order valence-corrected chi connectivity index (χ3v) is 3.21. The first-order chi connectivity index (χ1) is 9.69. The molecule has 1 saturated heterocycles. The van der Waals surface area contributed by atoms with E-state index in [4.69, 9.17) is 20.3 Å². The van der Waals surface area contributed by atoms with Crippen molar-refractivity contribution >= 4 is 13.6 Å². The number of aliphatic hydroxyl groups is 2. The maximum absolute atomic E-state index is 11.6. The number of ether oxygens (including phenoxy) is 1. The topological polar surface area (TPSA) is 190 Å². The van der Waals surface area contributed by atoms with Crippen molar-refractivity contribution in [1.29, 1.82) is 0 Å². The number of anilines is 1. The molecule has 1 aromatic heterocycles. The summed E-state index contributed by atoms with van der Waals surface area (Å²) in [6.07, 6.45) is -4.70. The molecule has 2 rings (SSSR count). The smallest absolute Gasteiger partial charge is 0.387 e. The lowest BCUT2D eigenvalue weighted by atomic mass is 10.1. The molecule has 118 valence electrons. The zero-order valence-corrected chi connectivity index (χ0v) is 11.3. The van der Waals surface area contributed by atoms with Gasteiger partial charge in [0.1, 0.15) is 24.1 Å². The number of aliphatic hydroxyl groups excluding tert-OH is 2. The van der Waals surface area contributed by atoms with Crippen molar-refractivity contribution in [2.24, 2.45) is 0 Å².